The molecule has 0 atom stereocenters. The van der Waals surface area contributed by atoms with Gasteiger partial charge in [0.15, 0.2) is 0 Å². The molecule has 0 amide bonds. The van der Waals surface area contributed by atoms with Crippen LogP contribution in [0.4, 0.5) is 0 Å². The van der Waals surface area contributed by atoms with Crippen molar-refractivity contribution in [2.45, 2.75) is 13.3 Å². The van der Waals surface area contributed by atoms with Gasteiger partial charge in [0, 0.05) is 4.47 Å². The van der Waals surface area contributed by atoms with E-state index >= 15 is 0 Å². The summed E-state index contributed by atoms with van der Waals surface area (Å²) in [5.74, 6) is 0.540. The number of esters is 1. The van der Waals surface area contributed by atoms with Gasteiger partial charge in [-0.1, -0.05) is 22.0 Å². The number of halogens is 1. The Kier molecular flexibility index (Phi) is 4.62. The maximum atomic E-state index is 11.2. The van der Waals surface area contributed by atoms with Gasteiger partial charge in [-0.2, -0.15) is 0 Å². The number of hydrogen-bond donors (Lipinski definition) is 0. The van der Waals surface area contributed by atoms with Gasteiger partial charge in [0.25, 0.3) is 0 Å². The predicted octanol–water partition coefficient (Wildman–Crippen LogP) is 2.56. The van der Waals surface area contributed by atoms with Gasteiger partial charge in [0.2, 0.25) is 0 Å². The summed E-state index contributed by atoms with van der Waals surface area (Å²) in [6, 6.07) is 5.49. The number of ether oxygens (including phenoxy) is 2. The van der Waals surface area contributed by atoms with Crippen LogP contribution in [0.3, 0.4) is 0 Å². The van der Waals surface area contributed by atoms with E-state index in [1.54, 1.807) is 14.0 Å². The average molecular weight is 273 g/mol. The van der Waals surface area contributed by atoms with Crippen LogP contribution in [-0.4, -0.2) is 19.7 Å². The van der Waals surface area contributed by atoms with Crippen molar-refractivity contribution in [2.24, 2.45) is 0 Å². The zero-order chi connectivity index (χ0) is 11.3. The quantitative estimate of drug-likeness (QED) is 0.791. The second kappa shape index (κ2) is 5.75. The molecule has 0 heterocycles. The van der Waals surface area contributed by atoms with Crippen LogP contribution >= 0.6 is 15.9 Å². The van der Waals surface area contributed by atoms with Crippen molar-refractivity contribution in [1.29, 1.82) is 0 Å². The van der Waals surface area contributed by atoms with Crippen LogP contribution in [0.1, 0.15) is 12.5 Å². The number of hydrogen-bond acceptors (Lipinski definition) is 3. The van der Waals surface area contributed by atoms with E-state index in [-0.39, 0.29) is 12.4 Å². The first kappa shape index (κ1) is 12.0. The summed E-state index contributed by atoms with van der Waals surface area (Å²) in [5, 5.41) is 0. The standard InChI is InChI=1S/C11H13BrO3/c1-3-15-11(13)6-8-4-5-9(14-2)7-10(8)12/h4-5,7H,3,6H2,1-2H3. The number of rotatable bonds is 4. The Morgan fingerprint density at radius 3 is 2.73 bits per heavy atom. The highest BCUT2D eigenvalue weighted by molar-refractivity contribution is 9.10. The molecule has 1 rings (SSSR count). The lowest BCUT2D eigenvalue weighted by Gasteiger charge is -2.06. The molecule has 0 aliphatic carbocycles. The van der Waals surface area contributed by atoms with E-state index in [9.17, 15) is 4.79 Å². The second-order valence-corrected chi connectivity index (χ2v) is 3.79. The van der Waals surface area contributed by atoms with Crippen molar-refractivity contribution in [2.75, 3.05) is 13.7 Å². The molecule has 0 saturated heterocycles. The van der Waals surface area contributed by atoms with Crippen LogP contribution in [0.15, 0.2) is 22.7 Å². The molecule has 0 bridgehead atoms. The Labute approximate surface area is 97.5 Å². The molecule has 0 saturated carbocycles. The fourth-order valence-electron chi connectivity index (χ4n) is 1.17. The minimum atomic E-state index is -0.219. The fraction of sp³-hybridized carbons (Fsp3) is 0.364. The third-order valence-electron chi connectivity index (χ3n) is 1.90. The molecular weight excluding hydrogens is 260 g/mol. The third-order valence-corrected chi connectivity index (χ3v) is 2.64. The molecule has 0 radical (unpaired) electrons. The van der Waals surface area contributed by atoms with Gasteiger partial charge < -0.3 is 9.47 Å². The van der Waals surface area contributed by atoms with Crippen LogP contribution in [0.2, 0.25) is 0 Å². The molecule has 82 valence electrons. The van der Waals surface area contributed by atoms with Gasteiger partial charge in [-0.15, -0.1) is 0 Å². The summed E-state index contributed by atoms with van der Waals surface area (Å²) in [6.07, 6.45) is 0.276. The molecule has 0 unspecified atom stereocenters. The molecule has 0 aliphatic heterocycles. The highest BCUT2D eigenvalue weighted by Gasteiger charge is 2.08. The molecule has 0 fully saturated rings. The summed E-state index contributed by atoms with van der Waals surface area (Å²) in [4.78, 5) is 11.2. The van der Waals surface area contributed by atoms with Crippen molar-refractivity contribution >= 4 is 21.9 Å². The number of methoxy groups -OCH3 is 1. The average Bonchev–Trinajstić information content (AvgIpc) is 2.21. The summed E-state index contributed by atoms with van der Waals surface area (Å²) < 4.78 is 10.8. The van der Waals surface area contributed by atoms with Gasteiger partial charge in [-0.25, -0.2) is 0 Å². The van der Waals surface area contributed by atoms with Crippen molar-refractivity contribution in [1.82, 2.24) is 0 Å². The molecule has 15 heavy (non-hydrogen) atoms. The summed E-state index contributed by atoms with van der Waals surface area (Å²) in [7, 11) is 1.60. The summed E-state index contributed by atoms with van der Waals surface area (Å²) in [5.41, 5.74) is 0.897. The second-order valence-electron chi connectivity index (χ2n) is 2.94. The Balaban J connectivity index is 2.73. The Morgan fingerprint density at radius 1 is 1.47 bits per heavy atom. The highest BCUT2D eigenvalue weighted by atomic mass is 79.9. The molecule has 0 aliphatic rings. The zero-order valence-electron chi connectivity index (χ0n) is 8.75. The Bertz CT molecular complexity index is 350. The van der Waals surface area contributed by atoms with Crippen LogP contribution < -0.4 is 4.74 Å². The van der Waals surface area contributed by atoms with Crippen molar-refractivity contribution in [3.63, 3.8) is 0 Å². The lowest BCUT2D eigenvalue weighted by molar-refractivity contribution is -0.142. The van der Waals surface area contributed by atoms with Gasteiger partial charge in [-0.3, -0.25) is 4.79 Å². The van der Waals surface area contributed by atoms with Crippen molar-refractivity contribution in [3.8, 4) is 5.75 Å². The fourth-order valence-corrected chi connectivity index (χ4v) is 1.66. The molecule has 0 N–H and O–H groups in total. The first-order valence-electron chi connectivity index (χ1n) is 4.65. The van der Waals surface area contributed by atoms with E-state index in [0.717, 1.165) is 15.8 Å². The van der Waals surface area contributed by atoms with Gasteiger partial charge in [-0.05, 0) is 24.6 Å². The van der Waals surface area contributed by atoms with E-state index in [2.05, 4.69) is 15.9 Å². The Hall–Kier alpha value is -1.03. The first-order chi connectivity index (χ1) is 7.17. The largest absolute Gasteiger partial charge is 0.497 e. The molecule has 3 nitrogen and oxygen atoms in total. The van der Waals surface area contributed by atoms with E-state index in [0.29, 0.717) is 6.61 Å². The normalized spacial score (nSPS) is 9.80. The van der Waals surface area contributed by atoms with E-state index < -0.39 is 0 Å². The van der Waals surface area contributed by atoms with Gasteiger partial charge in [0.05, 0.1) is 20.1 Å². The van der Waals surface area contributed by atoms with Gasteiger partial charge >= 0.3 is 5.97 Å². The van der Waals surface area contributed by atoms with Crippen LogP contribution in [-0.2, 0) is 16.0 Å². The number of carbonyl (C=O) groups excluding carboxylic acids is 1. The maximum absolute atomic E-state index is 11.2. The van der Waals surface area contributed by atoms with Crippen molar-refractivity contribution in [3.05, 3.63) is 28.2 Å². The van der Waals surface area contributed by atoms with Crippen LogP contribution in [0.25, 0.3) is 0 Å². The molecule has 0 spiro atoms. The number of benzene rings is 1. The van der Waals surface area contributed by atoms with Gasteiger partial charge in [0.1, 0.15) is 5.75 Å². The zero-order valence-corrected chi connectivity index (χ0v) is 10.3. The lowest BCUT2D eigenvalue weighted by atomic mass is 10.1. The monoisotopic (exact) mass is 272 g/mol. The van der Waals surface area contributed by atoms with Crippen LogP contribution in [0, 0.1) is 0 Å². The minimum absolute atomic E-state index is 0.219. The predicted molar refractivity (Wildman–Crippen MR) is 61.0 cm³/mol. The molecular formula is C11H13BrO3. The smallest absolute Gasteiger partial charge is 0.310 e. The molecule has 1 aromatic carbocycles. The third kappa shape index (κ3) is 3.55. The Morgan fingerprint density at radius 2 is 2.20 bits per heavy atom. The van der Waals surface area contributed by atoms with E-state index in [1.807, 2.05) is 18.2 Å². The first-order valence-corrected chi connectivity index (χ1v) is 5.44. The highest BCUT2D eigenvalue weighted by Crippen LogP contribution is 2.23. The molecule has 0 aromatic heterocycles. The minimum Gasteiger partial charge on any atom is -0.497 e. The summed E-state index contributed by atoms with van der Waals surface area (Å²) in [6.45, 7) is 2.20. The number of carbonyl (C=O) groups is 1. The maximum Gasteiger partial charge on any atom is 0.310 e. The van der Waals surface area contributed by atoms with E-state index in [4.69, 9.17) is 9.47 Å². The lowest BCUT2D eigenvalue weighted by Crippen LogP contribution is -2.07. The summed E-state index contributed by atoms with van der Waals surface area (Å²) >= 11 is 3.38. The topological polar surface area (TPSA) is 35.5 Å². The SMILES string of the molecule is CCOC(=O)Cc1ccc(OC)cc1Br. The van der Waals surface area contributed by atoms with Crippen LogP contribution in [0.5, 0.6) is 5.75 Å². The van der Waals surface area contributed by atoms with Crippen molar-refractivity contribution < 1.29 is 14.3 Å². The molecule has 4 heteroatoms. The van der Waals surface area contributed by atoms with E-state index in [1.165, 1.54) is 0 Å². The molecule has 1 aromatic rings.